The van der Waals surface area contributed by atoms with Crippen molar-refractivity contribution in [1.29, 1.82) is 0 Å². The molecule has 0 bridgehead atoms. The van der Waals surface area contributed by atoms with Gasteiger partial charge in [0.05, 0.1) is 14.2 Å². The van der Waals surface area contributed by atoms with Crippen molar-refractivity contribution in [3.05, 3.63) is 106 Å². The second-order valence-corrected chi connectivity index (χ2v) is 8.46. The average Bonchev–Trinajstić information content (AvgIpc) is 2.81. The van der Waals surface area contributed by atoms with E-state index in [2.05, 4.69) is 72.5 Å². The van der Waals surface area contributed by atoms with Gasteiger partial charge in [0.25, 0.3) is 0 Å². The smallest absolute Gasteiger partial charge is 0.118 e. The summed E-state index contributed by atoms with van der Waals surface area (Å²) < 4.78 is 10.6. The first kappa shape index (κ1) is 21.9. The van der Waals surface area contributed by atoms with Gasteiger partial charge in [-0.05, 0) is 54.3 Å². The molecule has 1 fully saturated rings. The molecule has 0 amide bonds. The van der Waals surface area contributed by atoms with Gasteiger partial charge in [0.2, 0.25) is 0 Å². The van der Waals surface area contributed by atoms with E-state index in [1.165, 1.54) is 33.4 Å². The molecule has 0 spiro atoms. The van der Waals surface area contributed by atoms with Crippen molar-refractivity contribution in [3.63, 3.8) is 0 Å². The fourth-order valence-electron chi connectivity index (χ4n) is 4.16. The van der Waals surface area contributed by atoms with Gasteiger partial charge in [-0.2, -0.15) is 0 Å². The highest BCUT2D eigenvalue weighted by Gasteiger charge is 2.18. The van der Waals surface area contributed by atoms with Crippen LogP contribution in [0.2, 0.25) is 0 Å². The molecule has 1 heterocycles. The second-order valence-electron chi connectivity index (χ2n) is 8.46. The molecule has 3 aromatic carbocycles. The molecule has 1 aliphatic rings. The third-order valence-electron chi connectivity index (χ3n) is 5.81. The second kappa shape index (κ2) is 10.3. The maximum Gasteiger partial charge on any atom is 0.118 e. The van der Waals surface area contributed by atoms with Gasteiger partial charge in [0, 0.05) is 19.6 Å². The van der Waals surface area contributed by atoms with Crippen LogP contribution < -0.4 is 9.47 Å². The Bertz CT molecular complexity index is 1010. The number of aryl methyl sites for hydroxylation is 1. The van der Waals surface area contributed by atoms with Crippen molar-refractivity contribution >= 4 is 12.2 Å². The van der Waals surface area contributed by atoms with Crippen molar-refractivity contribution in [2.75, 3.05) is 27.3 Å². The van der Waals surface area contributed by atoms with E-state index in [-0.39, 0.29) is 0 Å². The molecule has 0 aliphatic carbocycles. The van der Waals surface area contributed by atoms with Crippen LogP contribution in [0.5, 0.6) is 11.5 Å². The molecule has 3 aromatic rings. The van der Waals surface area contributed by atoms with Crippen LogP contribution in [0.3, 0.4) is 0 Å². The van der Waals surface area contributed by atoms with E-state index in [4.69, 9.17) is 9.47 Å². The molecule has 164 valence electrons. The summed E-state index contributed by atoms with van der Waals surface area (Å²) in [6.07, 6.45) is 5.63. The molecule has 0 N–H and O–H groups in total. The fraction of sp³-hybridized carbons (Fsp3) is 0.241. The minimum Gasteiger partial charge on any atom is -0.497 e. The number of ether oxygens (including phenoxy) is 2. The number of methoxy groups -OCH3 is 2. The van der Waals surface area contributed by atoms with Crippen LogP contribution in [0.15, 0.2) is 83.9 Å². The SMILES string of the molecule is COc1ccc(C=C2CC(=Cc3ccc(OC)cc3)CN(Cc3ccc(C)cc3)C2)cc1. The normalized spacial score (nSPS) is 17.0. The predicted molar refractivity (Wildman–Crippen MR) is 133 cm³/mol. The zero-order chi connectivity index (χ0) is 22.3. The lowest BCUT2D eigenvalue weighted by Crippen LogP contribution is -2.32. The zero-order valence-corrected chi connectivity index (χ0v) is 19.2. The molecule has 3 heteroatoms. The van der Waals surface area contributed by atoms with Gasteiger partial charge in [-0.1, -0.05) is 77.4 Å². The summed E-state index contributed by atoms with van der Waals surface area (Å²) in [5, 5.41) is 0. The third-order valence-corrected chi connectivity index (χ3v) is 5.81. The van der Waals surface area contributed by atoms with E-state index in [0.717, 1.165) is 37.6 Å². The standard InChI is InChI=1S/C29H31NO2/c1-22-4-6-25(7-5-22)19-30-20-26(16-23-8-12-28(31-2)13-9-23)18-27(21-30)17-24-10-14-29(32-3)15-11-24/h4-17H,18-21H2,1-3H3. The summed E-state index contributed by atoms with van der Waals surface area (Å²) in [6.45, 7) is 5.02. The number of nitrogens with zero attached hydrogens (tertiary/aromatic N) is 1. The summed E-state index contributed by atoms with van der Waals surface area (Å²) >= 11 is 0. The quantitative estimate of drug-likeness (QED) is 0.457. The van der Waals surface area contributed by atoms with Crippen molar-refractivity contribution < 1.29 is 9.47 Å². The molecule has 0 aromatic heterocycles. The number of benzene rings is 3. The third kappa shape index (κ3) is 5.89. The molecule has 32 heavy (non-hydrogen) atoms. The molecule has 4 rings (SSSR count). The van der Waals surface area contributed by atoms with E-state index < -0.39 is 0 Å². The molecule has 1 aliphatic heterocycles. The van der Waals surface area contributed by atoms with Crippen LogP contribution in [0.1, 0.15) is 28.7 Å². The van der Waals surface area contributed by atoms with E-state index in [0.29, 0.717) is 0 Å². The first-order valence-electron chi connectivity index (χ1n) is 11.1. The Morgan fingerprint density at radius 3 is 1.59 bits per heavy atom. The maximum atomic E-state index is 5.30. The molecule has 1 saturated heterocycles. The Morgan fingerprint density at radius 1 is 0.688 bits per heavy atom. The van der Waals surface area contributed by atoms with Crippen LogP contribution in [0, 0.1) is 6.92 Å². The zero-order valence-electron chi connectivity index (χ0n) is 19.2. The Labute approximate surface area is 191 Å². The molecule has 3 nitrogen and oxygen atoms in total. The van der Waals surface area contributed by atoms with Crippen molar-refractivity contribution in [3.8, 4) is 11.5 Å². The monoisotopic (exact) mass is 425 g/mol. The Hall–Kier alpha value is -3.30. The van der Waals surface area contributed by atoms with Crippen molar-refractivity contribution in [2.24, 2.45) is 0 Å². The molecule has 0 unspecified atom stereocenters. The summed E-state index contributed by atoms with van der Waals surface area (Å²) in [5.74, 6) is 1.77. The van der Waals surface area contributed by atoms with Crippen LogP contribution in [-0.2, 0) is 6.54 Å². The van der Waals surface area contributed by atoms with E-state index >= 15 is 0 Å². The predicted octanol–water partition coefficient (Wildman–Crippen LogP) is 6.39. The minimum atomic E-state index is 0.886. The first-order chi connectivity index (χ1) is 15.6. The molecule has 0 radical (unpaired) electrons. The fourth-order valence-corrected chi connectivity index (χ4v) is 4.16. The lowest BCUT2D eigenvalue weighted by Gasteiger charge is -2.31. The Balaban J connectivity index is 1.59. The number of piperidine rings is 1. The summed E-state index contributed by atoms with van der Waals surface area (Å²) in [7, 11) is 3.40. The van der Waals surface area contributed by atoms with Gasteiger partial charge in [-0.3, -0.25) is 4.90 Å². The van der Waals surface area contributed by atoms with Gasteiger partial charge in [-0.15, -0.1) is 0 Å². The van der Waals surface area contributed by atoms with Gasteiger partial charge in [0.15, 0.2) is 0 Å². The number of hydrogen-bond donors (Lipinski definition) is 0. The summed E-state index contributed by atoms with van der Waals surface area (Å²) in [6, 6.07) is 25.4. The lowest BCUT2D eigenvalue weighted by molar-refractivity contribution is 0.294. The molecule has 0 atom stereocenters. The summed E-state index contributed by atoms with van der Waals surface area (Å²) in [4.78, 5) is 2.53. The van der Waals surface area contributed by atoms with Gasteiger partial charge < -0.3 is 9.47 Å². The number of likely N-dealkylation sites (tertiary alicyclic amines) is 1. The van der Waals surface area contributed by atoms with E-state index in [1.807, 2.05) is 24.3 Å². The van der Waals surface area contributed by atoms with E-state index in [9.17, 15) is 0 Å². The Kier molecular flexibility index (Phi) is 7.08. The van der Waals surface area contributed by atoms with Crippen LogP contribution in [0.25, 0.3) is 12.2 Å². The highest BCUT2D eigenvalue weighted by Crippen LogP contribution is 2.27. The van der Waals surface area contributed by atoms with Gasteiger partial charge in [0.1, 0.15) is 11.5 Å². The molecular formula is C29H31NO2. The van der Waals surface area contributed by atoms with Crippen molar-refractivity contribution in [2.45, 2.75) is 19.9 Å². The Morgan fingerprint density at radius 2 is 1.16 bits per heavy atom. The minimum absolute atomic E-state index is 0.886. The largest absolute Gasteiger partial charge is 0.497 e. The van der Waals surface area contributed by atoms with Gasteiger partial charge in [-0.25, -0.2) is 0 Å². The van der Waals surface area contributed by atoms with Crippen LogP contribution in [-0.4, -0.2) is 32.2 Å². The first-order valence-corrected chi connectivity index (χ1v) is 11.1. The van der Waals surface area contributed by atoms with Crippen LogP contribution >= 0.6 is 0 Å². The summed E-state index contributed by atoms with van der Waals surface area (Å²) in [5.41, 5.74) is 7.92. The van der Waals surface area contributed by atoms with Crippen LogP contribution in [0.4, 0.5) is 0 Å². The average molecular weight is 426 g/mol. The highest BCUT2D eigenvalue weighted by molar-refractivity contribution is 5.60. The van der Waals surface area contributed by atoms with E-state index in [1.54, 1.807) is 14.2 Å². The topological polar surface area (TPSA) is 21.7 Å². The highest BCUT2D eigenvalue weighted by atomic mass is 16.5. The number of hydrogen-bond acceptors (Lipinski definition) is 3. The maximum absolute atomic E-state index is 5.30. The number of rotatable bonds is 6. The lowest BCUT2D eigenvalue weighted by atomic mass is 9.95. The van der Waals surface area contributed by atoms with Gasteiger partial charge >= 0.3 is 0 Å². The molecule has 0 saturated carbocycles. The van der Waals surface area contributed by atoms with Crippen molar-refractivity contribution in [1.82, 2.24) is 4.90 Å². The molecular weight excluding hydrogens is 394 g/mol.